The van der Waals surface area contributed by atoms with Crippen molar-refractivity contribution in [2.45, 2.75) is 37.8 Å². The van der Waals surface area contributed by atoms with Gasteiger partial charge in [0, 0.05) is 24.3 Å². The van der Waals surface area contributed by atoms with Crippen LogP contribution in [0.4, 0.5) is 5.82 Å². The third-order valence-electron chi connectivity index (χ3n) is 4.22. The van der Waals surface area contributed by atoms with E-state index in [-0.39, 0.29) is 6.04 Å². The fourth-order valence-corrected chi connectivity index (χ4v) is 3.36. The average molecular weight is 233 g/mol. The van der Waals surface area contributed by atoms with Gasteiger partial charge in [0.15, 0.2) is 0 Å². The molecule has 0 saturated carbocycles. The third kappa shape index (κ3) is 1.55. The van der Waals surface area contributed by atoms with E-state index in [4.69, 9.17) is 5.73 Å². The molecule has 4 heteroatoms. The Morgan fingerprint density at radius 3 is 3.18 bits per heavy atom. The van der Waals surface area contributed by atoms with E-state index in [1.807, 2.05) is 13.0 Å². The van der Waals surface area contributed by atoms with Crippen LogP contribution in [0.1, 0.15) is 30.4 Å². The van der Waals surface area contributed by atoms with Crippen molar-refractivity contribution < 1.29 is 5.11 Å². The Hall–Kier alpha value is -1.13. The molecule has 17 heavy (non-hydrogen) atoms. The zero-order chi connectivity index (χ0) is 12.0. The highest BCUT2D eigenvalue weighted by atomic mass is 16.3. The number of aryl methyl sites for hydroxylation is 1. The quantitative estimate of drug-likeness (QED) is 0.760. The van der Waals surface area contributed by atoms with Crippen molar-refractivity contribution in [3.05, 3.63) is 23.4 Å². The van der Waals surface area contributed by atoms with Crippen LogP contribution < -0.4 is 5.73 Å². The molecule has 2 saturated heterocycles. The number of pyridine rings is 1. The van der Waals surface area contributed by atoms with Crippen LogP contribution in [0.25, 0.3) is 0 Å². The summed E-state index contributed by atoms with van der Waals surface area (Å²) in [6.07, 6.45) is 4.76. The molecule has 0 aliphatic carbocycles. The van der Waals surface area contributed by atoms with E-state index < -0.39 is 5.60 Å². The van der Waals surface area contributed by atoms with E-state index in [9.17, 15) is 5.11 Å². The second-order valence-corrected chi connectivity index (χ2v) is 5.31. The molecule has 0 spiro atoms. The molecule has 0 aromatic carbocycles. The van der Waals surface area contributed by atoms with Gasteiger partial charge in [-0.25, -0.2) is 4.98 Å². The Labute approximate surface area is 101 Å². The third-order valence-corrected chi connectivity index (χ3v) is 4.22. The minimum atomic E-state index is -0.792. The summed E-state index contributed by atoms with van der Waals surface area (Å²) in [5, 5.41) is 11.0. The zero-order valence-corrected chi connectivity index (χ0v) is 10.2. The van der Waals surface area contributed by atoms with Crippen molar-refractivity contribution in [3.63, 3.8) is 0 Å². The lowest BCUT2D eigenvalue weighted by Crippen LogP contribution is -2.39. The molecule has 0 amide bonds. The Balaban J connectivity index is 2.05. The summed E-state index contributed by atoms with van der Waals surface area (Å²) in [4.78, 5) is 6.56. The number of rotatable bonds is 1. The average Bonchev–Trinajstić information content (AvgIpc) is 2.87. The minimum Gasteiger partial charge on any atom is -0.383 e. The number of nitrogens with two attached hydrogens (primary N) is 1. The minimum absolute atomic E-state index is 0.230. The van der Waals surface area contributed by atoms with Gasteiger partial charge < -0.3 is 10.8 Å². The Morgan fingerprint density at radius 1 is 1.53 bits per heavy atom. The van der Waals surface area contributed by atoms with Crippen molar-refractivity contribution in [1.29, 1.82) is 0 Å². The summed E-state index contributed by atoms with van der Waals surface area (Å²) in [7, 11) is 0. The normalized spacial score (nSPS) is 32.9. The maximum absolute atomic E-state index is 11.0. The fourth-order valence-electron chi connectivity index (χ4n) is 3.36. The van der Waals surface area contributed by atoms with Gasteiger partial charge in [0.2, 0.25) is 0 Å². The standard InChI is InChI=1S/C13H19N3O/c1-9-7-10(12(14)15-8-9)13(17)4-6-16-5-2-3-11(13)16/h7-8,11,17H,2-6H2,1H3,(H2,14,15). The van der Waals surface area contributed by atoms with E-state index in [1.165, 1.54) is 6.42 Å². The van der Waals surface area contributed by atoms with Crippen molar-refractivity contribution in [2.75, 3.05) is 18.8 Å². The molecule has 3 rings (SSSR count). The molecule has 0 bridgehead atoms. The molecule has 0 radical (unpaired) electrons. The van der Waals surface area contributed by atoms with Crippen molar-refractivity contribution in [3.8, 4) is 0 Å². The lowest BCUT2D eigenvalue weighted by Gasteiger charge is -2.31. The lowest BCUT2D eigenvalue weighted by atomic mass is 9.85. The zero-order valence-electron chi connectivity index (χ0n) is 10.2. The van der Waals surface area contributed by atoms with E-state index >= 15 is 0 Å². The number of anilines is 1. The van der Waals surface area contributed by atoms with Crippen LogP contribution in [0.3, 0.4) is 0 Å². The first kappa shape index (κ1) is 11.0. The highest BCUT2D eigenvalue weighted by molar-refractivity contribution is 5.46. The van der Waals surface area contributed by atoms with Crippen LogP contribution >= 0.6 is 0 Å². The second-order valence-electron chi connectivity index (χ2n) is 5.31. The predicted octanol–water partition coefficient (Wildman–Crippen LogP) is 1.03. The first-order chi connectivity index (χ1) is 8.11. The highest BCUT2D eigenvalue weighted by Crippen LogP contribution is 2.44. The number of nitrogen functional groups attached to an aromatic ring is 1. The van der Waals surface area contributed by atoms with Crippen LogP contribution in [-0.4, -0.2) is 34.1 Å². The molecular weight excluding hydrogens is 214 g/mol. The molecular formula is C13H19N3O. The summed E-state index contributed by atoms with van der Waals surface area (Å²) in [6.45, 7) is 4.06. The largest absolute Gasteiger partial charge is 0.383 e. The van der Waals surface area contributed by atoms with Gasteiger partial charge in [-0.05, 0) is 44.4 Å². The van der Waals surface area contributed by atoms with E-state index in [0.29, 0.717) is 5.82 Å². The molecule has 2 aliphatic heterocycles. The molecule has 2 atom stereocenters. The first-order valence-electron chi connectivity index (χ1n) is 6.30. The predicted molar refractivity (Wildman–Crippen MR) is 66.5 cm³/mol. The molecule has 2 fully saturated rings. The van der Waals surface area contributed by atoms with Crippen LogP contribution in [0.15, 0.2) is 12.3 Å². The number of aromatic nitrogens is 1. The number of nitrogens with zero attached hydrogens (tertiary/aromatic N) is 2. The van der Waals surface area contributed by atoms with Crippen LogP contribution in [0.5, 0.6) is 0 Å². The van der Waals surface area contributed by atoms with Gasteiger partial charge in [0.25, 0.3) is 0 Å². The number of fused-ring (bicyclic) bond motifs is 1. The van der Waals surface area contributed by atoms with Gasteiger partial charge in [0.05, 0.1) is 0 Å². The summed E-state index contributed by atoms with van der Waals surface area (Å²) >= 11 is 0. The molecule has 1 aromatic rings. The maximum atomic E-state index is 11.0. The molecule has 1 aromatic heterocycles. The molecule has 92 valence electrons. The summed E-state index contributed by atoms with van der Waals surface area (Å²) in [5.41, 5.74) is 7.04. The van der Waals surface area contributed by atoms with Crippen molar-refractivity contribution in [2.24, 2.45) is 0 Å². The van der Waals surface area contributed by atoms with Gasteiger partial charge in [-0.1, -0.05) is 0 Å². The van der Waals surface area contributed by atoms with Gasteiger partial charge in [-0.15, -0.1) is 0 Å². The van der Waals surface area contributed by atoms with E-state index in [1.54, 1.807) is 6.20 Å². The maximum Gasteiger partial charge on any atom is 0.129 e. The number of hydrogen-bond acceptors (Lipinski definition) is 4. The second kappa shape index (κ2) is 3.68. The van der Waals surface area contributed by atoms with Crippen molar-refractivity contribution in [1.82, 2.24) is 9.88 Å². The van der Waals surface area contributed by atoms with Crippen LogP contribution in [0, 0.1) is 6.92 Å². The Kier molecular flexibility index (Phi) is 2.38. The highest BCUT2D eigenvalue weighted by Gasteiger charge is 2.50. The Bertz CT molecular complexity index is 448. The summed E-state index contributed by atoms with van der Waals surface area (Å²) in [6, 6.07) is 2.22. The summed E-state index contributed by atoms with van der Waals surface area (Å²) in [5.74, 6) is 0.479. The van der Waals surface area contributed by atoms with Crippen LogP contribution in [-0.2, 0) is 5.60 Å². The van der Waals surface area contributed by atoms with Gasteiger partial charge >= 0.3 is 0 Å². The van der Waals surface area contributed by atoms with Gasteiger partial charge in [0.1, 0.15) is 11.4 Å². The van der Waals surface area contributed by atoms with Crippen LogP contribution in [0.2, 0.25) is 0 Å². The van der Waals surface area contributed by atoms with E-state index in [2.05, 4.69) is 9.88 Å². The molecule has 2 aliphatic rings. The molecule has 3 N–H and O–H groups in total. The van der Waals surface area contributed by atoms with Gasteiger partial charge in [-0.3, -0.25) is 4.90 Å². The van der Waals surface area contributed by atoms with Gasteiger partial charge in [-0.2, -0.15) is 0 Å². The molecule has 3 heterocycles. The monoisotopic (exact) mass is 233 g/mol. The summed E-state index contributed by atoms with van der Waals surface area (Å²) < 4.78 is 0. The molecule has 2 unspecified atom stereocenters. The first-order valence-corrected chi connectivity index (χ1v) is 6.30. The number of hydrogen-bond donors (Lipinski definition) is 2. The van der Waals surface area contributed by atoms with E-state index in [0.717, 1.165) is 37.1 Å². The van der Waals surface area contributed by atoms with Crippen molar-refractivity contribution >= 4 is 5.82 Å². The Morgan fingerprint density at radius 2 is 2.35 bits per heavy atom. The fraction of sp³-hybridized carbons (Fsp3) is 0.615. The topological polar surface area (TPSA) is 62.4 Å². The molecule has 4 nitrogen and oxygen atoms in total. The lowest BCUT2D eigenvalue weighted by molar-refractivity contribution is 0.00979. The number of aliphatic hydroxyl groups is 1. The SMILES string of the molecule is Cc1cnc(N)c(C2(O)CCN3CCCC32)c1. The smallest absolute Gasteiger partial charge is 0.129 e.